The van der Waals surface area contributed by atoms with E-state index >= 15 is 0 Å². The number of anilines is 1. The van der Waals surface area contributed by atoms with Gasteiger partial charge in [-0.3, -0.25) is 4.79 Å². The van der Waals surface area contributed by atoms with Crippen molar-refractivity contribution in [3.63, 3.8) is 0 Å². The maximum absolute atomic E-state index is 12.0. The van der Waals surface area contributed by atoms with Crippen LogP contribution in [-0.2, 0) is 16.0 Å². The average Bonchev–Trinajstić information content (AvgIpc) is 2.96. The molecule has 21 heavy (non-hydrogen) atoms. The molecule has 1 unspecified atom stereocenters. The van der Waals surface area contributed by atoms with E-state index in [0.717, 1.165) is 16.9 Å². The van der Waals surface area contributed by atoms with Crippen LogP contribution in [0.4, 0.5) is 5.13 Å². The fraction of sp³-hybridized carbons (Fsp3) is 0.214. The quantitative estimate of drug-likeness (QED) is 0.815. The van der Waals surface area contributed by atoms with Crippen molar-refractivity contribution in [3.8, 4) is 0 Å². The molecule has 6 nitrogen and oxygen atoms in total. The summed E-state index contributed by atoms with van der Waals surface area (Å²) < 4.78 is 4.55. The lowest BCUT2D eigenvalue weighted by molar-refractivity contribution is -0.117. The number of rotatable bonds is 5. The van der Waals surface area contributed by atoms with E-state index in [1.54, 1.807) is 0 Å². The predicted molar refractivity (Wildman–Crippen MR) is 80.2 cm³/mol. The van der Waals surface area contributed by atoms with Gasteiger partial charge in [0, 0.05) is 5.38 Å². The second-order valence-corrected chi connectivity index (χ2v) is 5.17. The molecule has 0 bridgehead atoms. The lowest BCUT2D eigenvalue weighted by Crippen LogP contribution is -2.37. The third-order valence-electron chi connectivity index (χ3n) is 2.76. The lowest BCUT2D eigenvalue weighted by atomic mass is 10.1. The Bertz CT molecular complexity index is 627. The molecule has 0 aliphatic heterocycles. The molecule has 0 saturated heterocycles. The first kappa shape index (κ1) is 15.1. The molecule has 0 spiro atoms. The Kier molecular flexibility index (Phi) is 5.02. The first-order valence-electron chi connectivity index (χ1n) is 6.24. The molecule has 1 aromatic carbocycles. The van der Waals surface area contributed by atoms with Gasteiger partial charge in [-0.2, -0.15) is 0 Å². The molecule has 0 saturated carbocycles. The predicted octanol–water partition coefficient (Wildman–Crippen LogP) is 1.44. The summed E-state index contributed by atoms with van der Waals surface area (Å²) in [6, 6.07) is 8.82. The summed E-state index contributed by atoms with van der Waals surface area (Å²) in [6.45, 7) is 0. The summed E-state index contributed by atoms with van der Waals surface area (Å²) in [7, 11) is 1.27. The van der Waals surface area contributed by atoms with Crippen molar-refractivity contribution in [2.24, 2.45) is 5.73 Å². The van der Waals surface area contributed by atoms with Crippen LogP contribution in [-0.4, -0.2) is 30.0 Å². The number of amides is 1. The minimum atomic E-state index is -0.683. The summed E-state index contributed by atoms with van der Waals surface area (Å²) in [5, 5.41) is 4.44. The van der Waals surface area contributed by atoms with Crippen LogP contribution in [0, 0.1) is 0 Å². The van der Waals surface area contributed by atoms with Gasteiger partial charge in [0.15, 0.2) is 10.8 Å². The molecule has 2 rings (SSSR count). The van der Waals surface area contributed by atoms with Crippen LogP contribution < -0.4 is 11.1 Å². The van der Waals surface area contributed by atoms with E-state index in [1.807, 2.05) is 30.3 Å². The van der Waals surface area contributed by atoms with Gasteiger partial charge in [0.1, 0.15) is 0 Å². The SMILES string of the molecule is COC(=O)c1csc(NC(=O)C(N)Cc2ccccc2)n1. The number of methoxy groups -OCH3 is 1. The van der Waals surface area contributed by atoms with Gasteiger partial charge in [0.2, 0.25) is 5.91 Å². The zero-order valence-electron chi connectivity index (χ0n) is 11.4. The molecule has 0 radical (unpaired) electrons. The Balaban J connectivity index is 1.94. The van der Waals surface area contributed by atoms with Crippen LogP contribution in [0.3, 0.4) is 0 Å². The third kappa shape index (κ3) is 4.11. The largest absolute Gasteiger partial charge is 0.464 e. The number of carbonyl (C=O) groups is 2. The molecule has 3 N–H and O–H groups in total. The molecule has 1 atom stereocenters. The van der Waals surface area contributed by atoms with Crippen LogP contribution in [0.2, 0.25) is 0 Å². The number of esters is 1. The molecule has 1 amide bonds. The molecule has 7 heteroatoms. The molecule has 1 heterocycles. The van der Waals surface area contributed by atoms with Crippen molar-refractivity contribution in [1.29, 1.82) is 0 Å². The third-order valence-corrected chi connectivity index (χ3v) is 3.52. The number of aromatic nitrogens is 1. The standard InChI is InChI=1S/C14H15N3O3S/c1-20-13(19)11-8-21-14(16-11)17-12(18)10(15)7-9-5-3-2-4-6-9/h2-6,8,10H,7,15H2,1H3,(H,16,17,18). The van der Waals surface area contributed by atoms with Crippen LogP contribution in [0.25, 0.3) is 0 Å². The zero-order chi connectivity index (χ0) is 15.2. The van der Waals surface area contributed by atoms with Gasteiger partial charge in [-0.25, -0.2) is 9.78 Å². The molecule has 0 aliphatic rings. The monoisotopic (exact) mass is 305 g/mol. The fourth-order valence-electron chi connectivity index (χ4n) is 1.69. The molecule has 0 aliphatic carbocycles. The Morgan fingerprint density at radius 1 is 1.38 bits per heavy atom. The molecule has 1 aromatic heterocycles. The number of carbonyl (C=O) groups excluding carboxylic acids is 2. The fourth-order valence-corrected chi connectivity index (χ4v) is 2.37. The minimum Gasteiger partial charge on any atom is -0.464 e. The van der Waals surface area contributed by atoms with E-state index in [1.165, 1.54) is 12.5 Å². The highest BCUT2D eigenvalue weighted by atomic mass is 32.1. The lowest BCUT2D eigenvalue weighted by Gasteiger charge is -2.10. The smallest absolute Gasteiger partial charge is 0.357 e. The molecular formula is C14H15N3O3S. The Labute approximate surface area is 125 Å². The van der Waals surface area contributed by atoms with E-state index < -0.39 is 12.0 Å². The van der Waals surface area contributed by atoms with Crippen LogP contribution in [0.15, 0.2) is 35.7 Å². The van der Waals surface area contributed by atoms with Gasteiger partial charge in [0.25, 0.3) is 0 Å². The van der Waals surface area contributed by atoms with Crippen molar-refractivity contribution < 1.29 is 14.3 Å². The number of hydrogen-bond acceptors (Lipinski definition) is 6. The van der Waals surface area contributed by atoms with Gasteiger partial charge in [-0.15, -0.1) is 11.3 Å². The highest BCUT2D eigenvalue weighted by Crippen LogP contribution is 2.16. The van der Waals surface area contributed by atoms with Crippen LogP contribution >= 0.6 is 11.3 Å². The van der Waals surface area contributed by atoms with Crippen molar-refractivity contribution in [3.05, 3.63) is 47.0 Å². The minimum absolute atomic E-state index is 0.162. The molecule has 110 valence electrons. The number of ether oxygens (including phenoxy) is 1. The second-order valence-electron chi connectivity index (χ2n) is 4.31. The van der Waals surface area contributed by atoms with Crippen molar-refractivity contribution in [2.45, 2.75) is 12.5 Å². The van der Waals surface area contributed by atoms with Gasteiger partial charge < -0.3 is 15.8 Å². The van der Waals surface area contributed by atoms with E-state index in [4.69, 9.17) is 5.73 Å². The summed E-state index contributed by atoms with van der Waals surface area (Å²) in [5.41, 5.74) is 7.01. The average molecular weight is 305 g/mol. The van der Waals surface area contributed by atoms with Crippen molar-refractivity contribution >= 4 is 28.3 Å². The Morgan fingerprint density at radius 2 is 2.10 bits per heavy atom. The molecule has 2 aromatic rings. The second kappa shape index (κ2) is 6.96. The van der Waals surface area contributed by atoms with E-state index in [0.29, 0.717) is 11.6 Å². The highest BCUT2D eigenvalue weighted by Gasteiger charge is 2.17. The number of nitrogens with two attached hydrogens (primary N) is 1. The zero-order valence-corrected chi connectivity index (χ0v) is 12.2. The number of nitrogens with zero attached hydrogens (tertiary/aromatic N) is 1. The number of thiazole rings is 1. The van der Waals surface area contributed by atoms with E-state index in [2.05, 4.69) is 15.0 Å². The maximum atomic E-state index is 12.0. The van der Waals surface area contributed by atoms with Crippen molar-refractivity contribution in [1.82, 2.24) is 4.98 Å². The van der Waals surface area contributed by atoms with Gasteiger partial charge in [-0.05, 0) is 12.0 Å². The molecular weight excluding hydrogens is 290 g/mol. The number of nitrogens with one attached hydrogen (secondary N) is 1. The van der Waals surface area contributed by atoms with Gasteiger partial charge >= 0.3 is 5.97 Å². The highest BCUT2D eigenvalue weighted by molar-refractivity contribution is 7.14. The Morgan fingerprint density at radius 3 is 2.76 bits per heavy atom. The van der Waals surface area contributed by atoms with Crippen LogP contribution in [0.5, 0.6) is 0 Å². The Hall–Kier alpha value is -2.25. The first-order valence-corrected chi connectivity index (χ1v) is 7.12. The van der Waals surface area contributed by atoms with E-state index in [-0.39, 0.29) is 11.6 Å². The van der Waals surface area contributed by atoms with Crippen molar-refractivity contribution in [2.75, 3.05) is 12.4 Å². The topological polar surface area (TPSA) is 94.3 Å². The number of hydrogen-bond donors (Lipinski definition) is 2. The summed E-state index contributed by atoms with van der Waals surface area (Å²) >= 11 is 1.15. The molecule has 0 fully saturated rings. The van der Waals surface area contributed by atoms with E-state index in [9.17, 15) is 9.59 Å². The summed E-state index contributed by atoms with van der Waals surface area (Å²) in [6.07, 6.45) is 0.432. The first-order chi connectivity index (χ1) is 10.1. The van der Waals surface area contributed by atoms with Crippen LogP contribution in [0.1, 0.15) is 16.1 Å². The summed E-state index contributed by atoms with van der Waals surface area (Å²) in [5.74, 6) is -0.884. The summed E-state index contributed by atoms with van der Waals surface area (Å²) in [4.78, 5) is 27.2. The van der Waals surface area contributed by atoms with Gasteiger partial charge in [0.05, 0.1) is 13.2 Å². The van der Waals surface area contributed by atoms with Gasteiger partial charge in [-0.1, -0.05) is 30.3 Å². The maximum Gasteiger partial charge on any atom is 0.357 e. The number of benzene rings is 1. The normalized spacial score (nSPS) is 11.7.